The first kappa shape index (κ1) is 22.4. The fraction of sp³-hybridized carbons (Fsp3) is 0.929. The van der Waals surface area contributed by atoms with Crippen molar-refractivity contribution in [2.75, 3.05) is 33.7 Å². The van der Waals surface area contributed by atoms with Crippen molar-refractivity contribution in [2.24, 2.45) is 40.4 Å². The van der Waals surface area contributed by atoms with Gasteiger partial charge in [0, 0.05) is 12.6 Å². The van der Waals surface area contributed by atoms with Gasteiger partial charge in [-0.05, 0) is 132 Å². The van der Waals surface area contributed by atoms with Crippen LogP contribution >= 0.6 is 0 Å². The second kappa shape index (κ2) is 8.13. The van der Waals surface area contributed by atoms with E-state index in [9.17, 15) is 5.11 Å². The fourth-order valence-corrected chi connectivity index (χ4v) is 9.88. The smallest absolute Gasteiger partial charge is 0.0548 e. The Hall–Kier alpha value is -0.380. The minimum Gasteiger partial charge on any atom is -0.393 e. The number of allylic oxidation sites excluding steroid dienone is 1. The third kappa shape index (κ3) is 3.56. The van der Waals surface area contributed by atoms with Crippen LogP contribution < -0.4 is 0 Å². The minimum atomic E-state index is -0.183. The molecule has 1 N–H and O–H groups in total. The van der Waals surface area contributed by atoms with Crippen molar-refractivity contribution < 1.29 is 5.11 Å². The van der Waals surface area contributed by atoms with Gasteiger partial charge in [-0.15, -0.1) is 0 Å². The zero-order valence-corrected chi connectivity index (χ0v) is 20.9. The Kier molecular flexibility index (Phi) is 5.88. The molecular weight excluding hydrogens is 380 g/mol. The number of likely N-dealkylation sites (tertiary alicyclic amines) is 1. The summed E-state index contributed by atoms with van der Waals surface area (Å²) >= 11 is 0. The van der Waals surface area contributed by atoms with E-state index in [1.54, 1.807) is 0 Å². The van der Waals surface area contributed by atoms with Crippen molar-refractivity contribution in [3.8, 4) is 0 Å². The summed E-state index contributed by atoms with van der Waals surface area (Å²) in [6.45, 7) is 11.1. The molecule has 0 aromatic rings. The fourth-order valence-electron chi connectivity index (χ4n) is 9.88. The van der Waals surface area contributed by atoms with Crippen molar-refractivity contribution in [1.29, 1.82) is 0 Å². The normalized spacial score (nSPS) is 48.8. The molecule has 1 aliphatic heterocycles. The second-order valence-electron chi connectivity index (χ2n) is 13.0. The van der Waals surface area contributed by atoms with Crippen LogP contribution in [0.1, 0.15) is 78.6 Å². The number of hydrogen-bond acceptors (Lipinski definition) is 3. The summed E-state index contributed by atoms with van der Waals surface area (Å²) in [6.07, 6.45) is 14.9. The van der Waals surface area contributed by atoms with Gasteiger partial charge in [-0.25, -0.2) is 0 Å². The Morgan fingerprint density at radius 3 is 2.55 bits per heavy atom. The van der Waals surface area contributed by atoms with E-state index >= 15 is 0 Å². The Morgan fingerprint density at radius 1 is 1.13 bits per heavy atom. The number of hydrogen-bond donors (Lipinski definition) is 1. The largest absolute Gasteiger partial charge is 0.393 e. The maximum Gasteiger partial charge on any atom is 0.0548 e. The summed E-state index contributed by atoms with van der Waals surface area (Å²) in [5.74, 6) is 3.61. The van der Waals surface area contributed by atoms with Gasteiger partial charge >= 0.3 is 0 Å². The molecule has 0 aromatic heterocycles. The molecule has 4 aliphatic carbocycles. The molecule has 3 nitrogen and oxygen atoms in total. The highest BCUT2D eigenvalue weighted by Crippen LogP contribution is 2.67. The first-order valence-corrected chi connectivity index (χ1v) is 13.5. The van der Waals surface area contributed by atoms with Crippen molar-refractivity contribution in [2.45, 2.75) is 90.7 Å². The van der Waals surface area contributed by atoms with Gasteiger partial charge < -0.3 is 14.9 Å². The number of aliphatic hydroxyl groups excluding tert-OH is 1. The molecule has 0 spiro atoms. The molecule has 9 atom stereocenters. The summed E-state index contributed by atoms with van der Waals surface area (Å²) < 4.78 is 0. The van der Waals surface area contributed by atoms with Crippen molar-refractivity contribution in [3.63, 3.8) is 0 Å². The lowest BCUT2D eigenvalue weighted by atomic mass is 9.47. The highest BCUT2D eigenvalue weighted by Gasteiger charge is 2.61. The van der Waals surface area contributed by atoms with Crippen LogP contribution in [0.3, 0.4) is 0 Å². The number of nitrogens with zero attached hydrogens (tertiary/aromatic N) is 2. The topological polar surface area (TPSA) is 26.7 Å². The average Bonchev–Trinajstić information content (AvgIpc) is 3.32. The Morgan fingerprint density at radius 2 is 1.87 bits per heavy atom. The Labute approximate surface area is 191 Å². The van der Waals surface area contributed by atoms with Gasteiger partial charge in [0.15, 0.2) is 0 Å². The first-order valence-electron chi connectivity index (χ1n) is 13.5. The van der Waals surface area contributed by atoms with Gasteiger partial charge in [-0.3, -0.25) is 0 Å². The Bertz CT molecular complexity index is 695. The van der Waals surface area contributed by atoms with Crippen LogP contribution in [0.5, 0.6) is 0 Å². The molecule has 4 fully saturated rings. The summed E-state index contributed by atoms with van der Waals surface area (Å²) in [6, 6.07) is 0.822. The molecule has 0 bridgehead atoms. The predicted octanol–water partition coefficient (Wildman–Crippen LogP) is 5.20. The van der Waals surface area contributed by atoms with Crippen LogP contribution in [0.4, 0.5) is 0 Å². The first-order chi connectivity index (χ1) is 14.7. The monoisotopic (exact) mass is 428 g/mol. The standard InChI is InChI=1S/C28H48N2O/c1-19(31)26-20(18-29(4)5)16-25-23-9-8-21-17-22(30-14-6-7-15-30)10-12-27(21,2)24(23)11-13-28(25,26)3/h8,19-20,22-26,31H,6-7,9-18H2,1-5H3/t19?,20-,22-,23+,24-,25-,26-,27-,28-/m0/s1. The summed E-state index contributed by atoms with van der Waals surface area (Å²) in [7, 11) is 4.42. The van der Waals surface area contributed by atoms with E-state index in [-0.39, 0.29) is 6.10 Å². The van der Waals surface area contributed by atoms with E-state index in [1.807, 2.05) is 5.57 Å². The molecule has 5 rings (SSSR count). The molecule has 176 valence electrons. The maximum absolute atomic E-state index is 10.9. The van der Waals surface area contributed by atoms with Crippen LogP contribution in [0.25, 0.3) is 0 Å². The van der Waals surface area contributed by atoms with Crippen molar-refractivity contribution >= 4 is 0 Å². The summed E-state index contributed by atoms with van der Waals surface area (Å²) in [4.78, 5) is 5.17. The molecule has 3 saturated carbocycles. The quantitative estimate of drug-likeness (QED) is 0.624. The summed E-state index contributed by atoms with van der Waals surface area (Å²) in [5, 5.41) is 10.9. The van der Waals surface area contributed by atoms with Crippen LogP contribution in [0.15, 0.2) is 11.6 Å². The van der Waals surface area contributed by atoms with E-state index in [0.29, 0.717) is 22.7 Å². The molecule has 5 aliphatic rings. The second-order valence-corrected chi connectivity index (χ2v) is 13.0. The van der Waals surface area contributed by atoms with Gasteiger partial charge in [-0.1, -0.05) is 25.5 Å². The molecular formula is C28H48N2O. The van der Waals surface area contributed by atoms with Crippen LogP contribution in [0.2, 0.25) is 0 Å². The zero-order valence-electron chi connectivity index (χ0n) is 20.9. The Balaban J connectivity index is 1.40. The molecule has 0 radical (unpaired) electrons. The van der Waals surface area contributed by atoms with Gasteiger partial charge in [-0.2, -0.15) is 0 Å². The van der Waals surface area contributed by atoms with Crippen molar-refractivity contribution in [3.05, 3.63) is 11.6 Å². The van der Waals surface area contributed by atoms with E-state index in [0.717, 1.165) is 30.3 Å². The molecule has 0 amide bonds. The third-order valence-electron chi connectivity index (χ3n) is 11.1. The molecule has 1 heterocycles. The highest BCUT2D eigenvalue weighted by atomic mass is 16.3. The molecule has 1 unspecified atom stereocenters. The van der Waals surface area contributed by atoms with Gasteiger partial charge in [0.2, 0.25) is 0 Å². The number of rotatable bonds is 4. The van der Waals surface area contributed by atoms with E-state index in [1.165, 1.54) is 70.9 Å². The van der Waals surface area contributed by atoms with Crippen LogP contribution in [-0.2, 0) is 0 Å². The average molecular weight is 429 g/mol. The predicted molar refractivity (Wildman–Crippen MR) is 129 cm³/mol. The maximum atomic E-state index is 10.9. The summed E-state index contributed by atoms with van der Waals surface area (Å²) in [5.41, 5.74) is 2.60. The third-order valence-corrected chi connectivity index (χ3v) is 11.1. The van der Waals surface area contributed by atoms with Gasteiger partial charge in [0.25, 0.3) is 0 Å². The van der Waals surface area contributed by atoms with E-state index < -0.39 is 0 Å². The molecule has 1 saturated heterocycles. The number of fused-ring (bicyclic) bond motifs is 5. The minimum absolute atomic E-state index is 0.183. The van der Waals surface area contributed by atoms with Crippen molar-refractivity contribution in [1.82, 2.24) is 9.80 Å². The van der Waals surface area contributed by atoms with E-state index in [2.05, 4.69) is 50.7 Å². The number of aliphatic hydroxyl groups is 1. The van der Waals surface area contributed by atoms with E-state index in [4.69, 9.17) is 0 Å². The lowest BCUT2D eigenvalue weighted by molar-refractivity contribution is -0.0690. The SMILES string of the molecule is CC(O)[C@H]1[C@H](CN(C)C)C[C@H]2[C@@H]3CC=C4C[C@@H](N5CCCC5)CC[C@]4(C)[C@H]3CC[C@@]21C. The lowest BCUT2D eigenvalue weighted by Gasteiger charge is -2.58. The van der Waals surface area contributed by atoms with Crippen LogP contribution in [0, 0.1) is 40.4 Å². The lowest BCUT2D eigenvalue weighted by Crippen LogP contribution is -2.52. The van der Waals surface area contributed by atoms with Gasteiger partial charge in [0.05, 0.1) is 6.10 Å². The molecule has 0 aromatic carbocycles. The molecule has 31 heavy (non-hydrogen) atoms. The van der Waals surface area contributed by atoms with Crippen LogP contribution in [-0.4, -0.2) is 60.8 Å². The highest BCUT2D eigenvalue weighted by molar-refractivity contribution is 5.26. The van der Waals surface area contributed by atoms with Gasteiger partial charge in [0.1, 0.15) is 0 Å². The zero-order chi connectivity index (χ0) is 22.0. The molecule has 3 heteroatoms.